The van der Waals surface area contributed by atoms with E-state index in [0.29, 0.717) is 12.3 Å². The van der Waals surface area contributed by atoms with Crippen molar-refractivity contribution in [1.82, 2.24) is 0 Å². The number of carboxylic acids is 1. The molecule has 0 radical (unpaired) electrons. The maximum Gasteiger partial charge on any atom is 0.320 e. The molecule has 0 spiro atoms. The van der Waals surface area contributed by atoms with E-state index >= 15 is 0 Å². The molecule has 0 aromatic heterocycles. The molecule has 0 aromatic rings. The van der Waals surface area contributed by atoms with Gasteiger partial charge < -0.3 is 10.8 Å². The molecule has 0 bridgehead atoms. The van der Waals surface area contributed by atoms with Gasteiger partial charge in [0.1, 0.15) is 6.04 Å². The average molecular weight is 213 g/mol. The van der Waals surface area contributed by atoms with E-state index in [-0.39, 0.29) is 0 Å². The van der Waals surface area contributed by atoms with Crippen LogP contribution in [0.4, 0.5) is 0 Å². The number of hydrogen-bond donors (Lipinski definition) is 2. The molecule has 0 saturated heterocycles. The first-order valence-electron chi connectivity index (χ1n) is 5.33. The van der Waals surface area contributed by atoms with Gasteiger partial charge >= 0.3 is 5.97 Å². The molecule has 0 rings (SSSR count). The number of allylic oxidation sites excluding steroid dienone is 2. The van der Waals surface area contributed by atoms with Crippen molar-refractivity contribution in [2.75, 3.05) is 0 Å². The van der Waals surface area contributed by atoms with E-state index in [9.17, 15) is 4.79 Å². The van der Waals surface area contributed by atoms with E-state index in [0.717, 1.165) is 6.42 Å². The highest BCUT2D eigenvalue weighted by Gasteiger charge is 2.07. The number of aliphatic carboxylic acids is 1. The normalized spacial score (nSPS) is 13.9. The second-order valence-electron chi connectivity index (χ2n) is 3.10. The monoisotopic (exact) mass is 213 g/mol. The van der Waals surface area contributed by atoms with Crippen LogP contribution in [0.15, 0.2) is 24.8 Å². The van der Waals surface area contributed by atoms with Gasteiger partial charge in [-0.15, -0.1) is 6.58 Å². The first-order chi connectivity index (χ1) is 7.07. The highest BCUT2D eigenvalue weighted by molar-refractivity contribution is 5.73. The second kappa shape index (κ2) is 11.0. The van der Waals surface area contributed by atoms with E-state index in [2.05, 4.69) is 13.5 Å². The molecule has 88 valence electrons. The zero-order valence-corrected chi connectivity index (χ0v) is 9.94. The average Bonchev–Trinajstić information content (AvgIpc) is 2.26. The Kier molecular flexibility index (Phi) is 12.0. The van der Waals surface area contributed by atoms with Gasteiger partial charge in [0.15, 0.2) is 0 Å². The second-order valence-corrected chi connectivity index (χ2v) is 3.10. The van der Waals surface area contributed by atoms with Crippen LogP contribution in [0.1, 0.15) is 33.6 Å². The van der Waals surface area contributed by atoms with Crippen LogP contribution in [0.25, 0.3) is 0 Å². The largest absolute Gasteiger partial charge is 0.480 e. The van der Waals surface area contributed by atoms with Gasteiger partial charge in [0, 0.05) is 0 Å². The molecule has 0 aliphatic carbocycles. The predicted molar refractivity (Wildman–Crippen MR) is 64.7 cm³/mol. The third-order valence-electron chi connectivity index (χ3n) is 1.78. The van der Waals surface area contributed by atoms with Gasteiger partial charge in [-0.1, -0.05) is 39.0 Å². The Bertz CT molecular complexity index is 200. The fraction of sp³-hybridized carbons (Fsp3) is 0.583. The van der Waals surface area contributed by atoms with Crippen LogP contribution in [0, 0.1) is 5.92 Å². The molecule has 3 N–H and O–H groups in total. The van der Waals surface area contributed by atoms with Crippen molar-refractivity contribution in [2.24, 2.45) is 11.7 Å². The van der Waals surface area contributed by atoms with Crippen LogP contribution >= 0.6 is 0 Å². The lowest BCUT2D eigenvalue weighted by molar-refractivity contribution is -0.138. The smallest absolute Gasteiger partial charge is 0.320 e. The maximum absolute atomic E-state index is 10.3. The molecule has 0 heterocycles. The standard InChI is InChI=1S/C10H17NO2.C2H6/c1-3-8(2)6-4-5-7-9(11)10(12)13;1-2/h3-5,8-9H,1,6-7,11H2,2H3,(H,12,13);1-2H3/b5-4+;. The first kappa shape index (κ1) is 16.3. The summed E-state index contributed by atoms with van der Waals surface area (Å²) in [7, 11) is 0. The van der Waals surface area contributed by atoms with E-state index < -0.39 is 12.0 Å². The third-order valence-corrected chi connectivity index (χ3v) is 1.78. The number of hydrogen-bond acceptors (Lipinski definition) is 2. The maximum atomic E-state index is 10.3. The summed E-state index contributed by atoms with van der Waals surface area (Å²) in [6.07, 6.45) is 6.88. The molecular weight excluding hydrogens is 190 g/mol. The van der Waals surface area contributed by atoms with Crippen molar-refractivity contribution in [3.05, 3.63) is 24.8 Å². The molecule has 2 unspecified atom stereocenters. The molecule has 0 aliphatic rings. The molecule has 3 heteroatoms. The summed E-state index contributed by atoms with van der Waals surface area (Å²) >= 11 is 0. The van der Waals surface area contributed by atoms with E-state index in [1.54, 1.807) is 6.08 Å². The van der Waals surface area contributed by atoms with Crippen LogP contribution in [-0.2, 0) is 4.79 Å². The number of carbonyl (C=O) groups is 1. The van der Waals surface area contributed by atoms with Crippen LogP contribution < -0.4 is 5.73 Å². The molecule has 0 fully saturated rings. The van der Waals surface area contributed by atoms with Crippen LogP contribution in [0.2, 0.25) is 0 Å². The van der Waals surface area contributed by atoms with Crippen molar-refractivity contribution in [3.63, 3.8) is 0 Å². The van der Waals surface area contributed by atoms with E-state index in [1.807, 2.05) is 26.0 Å². The summed E-state index contributed by atoms with van der Waals surface area (Å²) in [6, 6.07) is -0.782. The lowest BCUT2D eigenvalue weighted by Gasteiger charge is -2.01. The molecule has 0 saturated carbocycles. The van der Waals surface area contributed by atoms with Crippen LogP contribution in [0.3, 0.4) is 0 Å². The minimum absolute atomic E-state index is 0.388. The first-order valence-corrected chi connectivity index (χ1v) is 5.33. The van der Waals surface area contributed by atoms with Gasteiger partial charge in [-0.2, -0.15) is 0 Å². The molecule has 0 amide bonds. The Hall–Kier alpha value is -1.09. The molecule has 0 aliphatic heterocycles. The Balaban J connectivity index is 0. The van der Waals surface area contributed by atoms with Gasteiger partial charge in [0.25, 0.3) is 0 Å². The van der Waals surface area contributed by atoms with E-state index in [1.165, 1.54) is 0 Å². The molecule has 2 atom stereocenters. The van der Waals surface area contributed by atoms with Gasteiger partial charge in [-0.25, -0.2) is 0 Å². The van der Waals surface area contributed by atoms with Crippen molar-refractivity contribution < 1.29 is 9.90 Å². The molecule has 0 aromatic carbocycles. The minimum Gasteiger partial charge on any atom is -0.480 e. The highest BCUT2D eigenvalue weighted by Crippen LogP contribution is 2.03. The lowest BCUT2D eigenvalue weighted by Crippen LogP contribution is -2.29. The van der Waals surface area contributed by atoms with Gasteiger partial charge in [-0.05, 0) is 18.8 Å². The Morgan fingerprint density at radius 2 is 1.87 bits per heavy atom. The summed E-state index contributed by atoms with van der Waals surface area (Å²) in [5, 5.41) is 8.46. The minimum atomic E-state index is -0.957. The topological polar surface area (TPSA) is 63.3 Å². The van der Waals surface area contributed by atoms with Gasteiger partial charge in [0.05, 0.1) is 0 Å². The van der Waals surface area contributed by atoms with Gasteiger partial charge in [0.2, 0.25) is 0 Å². The van der Waals surface area contributed by atoms with E-state index in [4.69, 9.17) is 10.8 Å². The van der Waals surface area contributed by atoms with Crippen LogP contribution in [-0.4, -0.2) is 17.1 Å². The summed E-state index contributed by atoms with van der Waals surface area (Å²) in [5.41, 5.74) is 5.29. The quantitative estimate of drug-likeness (QED) is 0.666. The van der Waals surface area contributed by atoms with Gasteiger partial charge in [-0.3, -0.25) is 4.79 Å². The summed E-state index contributed by atoms with van der Waals surface area (Å²) in [4.78, 5) is 10.3. The molecule has 15 heavy (non-hydrogen) atoms. The Morgan fingerprint density at radius 1 is 1.40 bits per heavy atom. The summed E-state index contributed by atoms with van der Waals surface area (Å²) in [6.45, 7) is 9.70. The molecular formula is C12H23NO2. The van der Waals surface area contributed by atoms with Crippen molar-refractivity contribution in [3.8, 4) is 0 Å². The number of rotatable bonds is 6. The Labute approximate surface area is 92.7 Å². The third kappa shape index (κ3) is 10.8. The van der Waals surface area contributed by atoms with Crippen LogP contribution in [0.5, 0.6) is 0 Å². The lowest BCUT2D eigenvalue weighted by atomic mass is 10.1. The van der Waals surface area contributed by atoms with Crippen molar-refractivity contribution in [2.45, 2.75) is 39.7 Å². The molecule has 3 nitrogen and oxygen atoms in total. The number of nitrogens with two attached hydrogens (primary N) is 1. The predicted octanol–water partition coefficient (Wildman–Crippen LogP) is 2.58. The zero-order valence-electron chi connectivity index (χ0n) is 9.94. The fourth-order valence-corrected chi connectivity index (χ4v) is 0.751. The van der Waals surface area contributed by atoms with Crippen molar-refractivity contribution >= 4 is 5.97 Å². The number of carboxylic acid groups (broad SMARTS) is 1. The Morgan fingerprint density at radius 3 is 2.27 bits per heavy atom. The zero-order chi connectivity index (χ0) is 12.3. The summed E-state index contributed by atoms with van der Waals surface area (Å²) < 4.78 is 0. The fourth-order valence-electron chi connectivity index (χ4n) is 0.751. The summed E-state index contributed by atoms with van der Waals surface area (Å²) in [5.74, 6) is -0.529. The SMILES string of the molecule is C=CC(C)C/C=C/CC(N)C(=O)O.CC. The highest BCUT2D eigenvalue weighted by atomic mass is 16.4. The van der Waals surface area contributed by atoms with Crippen molar-refractivity contribution in [1.29, 1.82) is 0 Å².